The smallest absolute Gasteiger partial charge is 0.170 e. The number of anilines is 1. The van der Waals surface area contributed by atoms with Gasteiger partial charge in [0.2, 0.25) is 0 Å². The molecule has 1 rings (SSSR count). The topological polar surface area (TPSA) is 42.2 Å². The van der Waals surface area contributed by atoms with E-state index in [0.29, 0.717) is 12.1 Å². The van der Waals surface area contributed by atoms with Crippen LogP contribution in [0, 0.1) is 18.2 Å². The minimum atomic E-state index is -0.396. The lowest BCUT2D eigenvalue weighted by Crippen LogP contribution is -2.20. The minimum absolute atomic E-state index is 0.158. The van der Waals surface area contributed by atoms with Gasteiger partial charge in [0, 0.05) is 25.4 Å². The molecule has 0 amide bonds. The third-order valence-electron chi connectivity index (χ3n) is 1.86. The molecule has 4 heteroatoms. The molecule has 1 aromatic heterocycles. The van der Waals surface area contributed by atoms with E-state index in [1.807, 2.05) is 0 Å². The van der Waals surface area contributed by atoms with Gasteiger partial charge in [-0.05, 0) is 6.07 Å². The average Bonchev–Trinajstić information content (AvgIpc) is 2.18. The van der Waals surface area contributed by atoms with Crippen LogP contribution in [-0.4, -0.2) is 18.6 Å². The van der Waals surface area contributed by atoms with Crippen LogP contribution in [0.25, 0.3) is 0 Å². The first-order valence-corrected chi connectivity index (χ1v) is 4.18. The molecule has 0 fully saturated rings. The van der Waals surface area contributed by atoms with Crippen LogP contribution >= 0.6 is 0 Å². The van der Waals surface area contributed by atoms with Gasteiger partial charge in [0.05, 0.1) is 6.54 Å². The van der Waals surface area contributed by atoms with E-state index in [4.69, 9.17) is 12.2 Å². The Labute approximate surface area is 82.7 Å². The van der Waals surface area contributed by atoms with E-state index < -0.39 is 5.82 Å². The molecular formula is C10H12FN3. The third-order valence-corrected chi connectivity index (χ3v) is 1.86. The number of halogens is 1. The summed E-state index contributed by atoms with van der Waals surface area (Å²) in [5, 5.41) is 0. The number of nitrogens with zero attached hydrogens (tertiary/aromatic N) is 2. The van der Waals surface area contributed by atoms with Crippen LogP contribution in [0.2, 0.25) is 0 Å². The van der Waals surface area contributed by atoms with Gasteiger partial charge in [-0.25, -0.2) is 9.37 Å². The highest BCUT2D eigenvalue weighted by Gasteiger charge is 2.11. The van der Waals surface area contributed by atoms with Crippen molar-refractivity contribution in [2.45, 2.75) is 6.54 Å². The predicted molar refractivity (Wildman–Crippen MR) is 54.2 cm³/mol. The van der Waals surface area contributed by atoms with Crippen molar-refractivity contribution in [3.8, 4) is 12.3 Å². The molecule has 0 saturated heterocycles. The quantitative estimate of drug-likeness (QED) is 0.720. The van der Waals surface area contributed by atoms with E-state index in [0.717, 1.165) is 0 Å². The zero-order valence-corrected chi connectivity index (χ0v) is 8.00. The molecule has 1 aromatic rings. The number of pyridine rings is 1. The van der Waals surface area contributed by atoms with Crippen molar-refractivity contribution in [3.05, 3.63) is 23.6 Å². The number of nitrogens with two attached hydrogens (primary N) is 1. The first kappa shape index (κ1) is 10.5. The van der Waals surface area contributed by atoms with Crippen LogP contribution in [0.4, 0.5) is 10.2 Å². The Hall–Kier alpha value is -1.60. The van der Waals surface area contributed by atoms with Crippen molar-refractivity contribution >= 4 is 5.82 Å². The number of hydrogen-bond donors (Lipinski definition) is 1. The summed E-state index contributed by atoms with van der Waals surface area (Å²) in [6.07, 6.45) is 6.64. The molecule has 0 spiro atoms. The van der Waals surface area contributed by atoms with Gasteiger partial charge in [-0.1, -0.05) is 5.92 Å². The van der Waals surface area contributed by atoms with Crippen LogP contribution in [-0.2, 0) is 6.54 Å². The van der Waals surface area contributed by atoms with Crippen molar-refractivity contribution in [2.75, 3.05) is 18.5 Å². The summed E-state index contributed by atoms with van der Waals surface area (Å²) < 4.78 is 13.6. The largest absolute Gasteiger partial charge is 0.346 e. The minimum Gasteiger partial charge on any atom is -0.346 e. The zero-order chi connectivity index (χ0) is 10.6. The summed E-state index contributed by atoms with van der Waals surface area (Å²) in [5.74, 6) is 2.26. The maximum Gasteiger partial charge on any atom is 0.170 e. The second-order valence-corrected chi connectivity index (χ2v) is 2.87. The highest BCUT2D eigenvalue weighted by atomic mass is 19.1. The first-order valence-electron chi connectivity index (χ1n) is 4.18. The van der Waals surface area contributed by atoms with Crippen molar-refractivity contribution < 1.29 is 4.39 Å². The molecule has 0 saturated carbocycles. The summed E-state index contributed by atoms with van der Waals surface area (Å²) in [5.41, 5.74) is 5.81. The highest BCUT2D eigenvalue weighted by Crippen LogP contribution is 2.17. The van der Waals surface area contributed by atoms with Crippen LogP contribution in [0.5, 0.6) is 0 Å². The molecule has 0 aliphatic carbocycles. The average molecular weight is 193 g/mol. The van der Waals surface area contributed by atoms with Crippen LogP contribution < -0.4 is 10.6 Å². The Balaban J connectivity index is 3.04. The summed E-state index contributed by atoms with van der Waals surface area (Å²) in [7, 11) is 1.69. The number of terminal acetylenes is 1. The Kier molecular flexibility index (Phi) is 3.43. The molecule has 2 N–H and O–H groups in total. The summed E-state index contributed by atoms with van der Waals surface area (Å²) in [4.78, 5) is 5.47. The molecule has 0 atom stereocenters. The van der Waals surface area contributed by atoms with Crippen molar-refractivity contribution in [1.29, 1.82) is 0 Å². The maximum atomic E-state index is 13.6. The maximum absolute atomic E-state index is 13.6. The molecule has 0 unspecified atom stereocenters. The van der Waals surface area contributed by atoms with E-state index in [1.165, 1.54) is 6.20 Å². The third kappa shape index (κ3) is 2.01. The van der Waals surface area contributed by atoms with E-state index >= 15 is 0 Å². The van der Waals surface area contributed by atoms with Gasteiger partial charge in [0.15, 0.2) is 11.6 Å². The van der Waals surface area contributed by atoms with Crippen molar-refractivity contribution in [3.63, 3.8) is 0 Å². The van der Waals surface area contributed by atoms with E-state index in [2.05, 4.69) is 10.9 Å². The van der Waals surface area contributed by atoms with Crippen molar-refractivity contribution in [1.82, 2.24) is 4.98 Å². The molecule has 0 aliphatic rings. The van der Waals surface area contributed by atoms with Gasteiger partial charge in [-0.3, -0.25) is 0 Å². The molecule has 0 aliphatic heterocycles. The van der Waals surface area contributed by atoms with Gasteiger partial charge >= 0.3 is 0 Å². The number of rotatable bonds is 3. The fraction of sp³-hybridized carbons (Fsp3) is 0.300. The number of aromatic nitrogens is 1. The van der Waals surface area contributed by atoms with Gasteiger partial charge in [0.1, 0.15) is 0 Å². The lowest BCUT2D eigenvalue weighted by atomic mass is 10.2. The molecule has 1 heterocycles. The molecule has 3 nitrogen and oxygen atoms in total. The van der Waals surface area contributed by atoms with E-state index in [-0.39, 0.29) is 12.4 Å². The lowest BCUT2D eigenvalue weighted by molar-refractivity contribution is 0.601. The Bertz CT molecular complexity index is 357. The normalized spacial score (nSPS) is 9.57. The summed E-state index contributed by atoms with van der Waals surface area (Å²) in [6, 6.07) is 1.56. The first-order chi connectivity index (χ1) is 6.70. The molecule has 0 bridgehead atoms. The SMILES string of the molecule is C#CCN(C)c1nccc(CN)c1F. The Morgan fingerprint density at radius 1 is 1.71 bits per heavy atom. The van der Waals surface area contributed by atoms with Crippen LogP contribution in [0.3, 0.4) is 0 Å². The molecule has 14 heavy (non-hydrogen) atoms. The fourth-order valence-electron chi connectivity index (χ4n) is 1.11. The second kappa shape index (κ2) is 4.58. The second-order valence-electron chi connectivity index (χ2n) is 2.87. The fourth-order valence-corrected chi connectivity index (χ4v) is 1.11. The van der Waals surface area contributed by atoms with Gasteiger partial charge in [-0.15, -0.1) is 6.42 Å². The molecule has 0 radical (unpaired) electrons. The van der Waals surface area contributed by atoms with E-state index in [9.17, 15) is 4.39 Å². The van der Waals surface area contributed by atoms with Gasteiger partial charge in [0.25, 0.3) is 0 Å². The van der Waals surface area contributed by atoms with Crippen LogP contribution in [0.15, 0.2) is 12.3 Å². The van der Waals surface area contributed by atoms with Gasteiger partial charge in [-0.2, -0.15) is 0 Å². The summed E-state index contributed by atoms with van der Waals surface area (Å²) in [6.45, 7) is 0.475. The molecule has 74 valence electrons. The van der Waals surface area contributed by atoms with Crippen molar-refractivity contribution in [2.24, 2.45) is 5.73 Å². The lowest BCUT2D eigenvalue weighted by Gasteiger charge is -2.16. The Morgan fingerprint density at radius 2 is 2.43 bits per heavy atom. The summed E-state index contributed by atoms with van der Waals surface area (Å²) >= 11 is 0. The van der Waals surface area contributed by atoms with E-state index in [1.54, 1.807) is 18.0 Å². The Morgan fingerprint density at radius 3 is 3.00 bits per heavy atom. The molecule has 0 aromatic carbocycles. The van der Waals surface area contributed by atoms with Gasteiger partial charge < -0.3 is 10.6 Å². The number of hydrogen-bond acceptors (Lipinski definition) is 3. The van der Waals surface area contributed by atoms with Crippen LogP contribution in [0.1, 0.15) is 5.56 Å². The zero-order valence-electron chi connectivity index (χ0n) is 8.00. The highest BCUT2D eigenvalue weighted by molar-refractivity contribution is 5.43. The molecular weight excluding hydrogens is 181 g/mol. The standard InChI is InChI=1S/C10H12FN3/c1-3-6-14(2)10-9(11)8(7-12)4-5-13-10/h1,4-5H,6-7,12H2,2H3. The predicted octanol–water partition coefficient (Wildman–Crippen LogP) is 0.749. The monoisotopic (exact) mass is 193 g/mol.